The van der Waals surface area contributed by atoms with Crippen molar-refractivity contribution in [2.75, 3.05) is 19.8 Å². The van der Waals surface area contributed by atoms with Crippen LogP contribution in [0.25, 0.3) is 0 Å². The first-order chi connectivity index (χ1) is 6.81. The number of hydrogen-bond acceptors (Lipinski definition) is 2. The van der Waals surface area contributed by atoms with Crippen LogP contribution in [0.15, 0.2) is 0 Å². The van der Waals surface area contributed by atoms with Crippen molar-refractivity contribution < 1.29 is 9.53 Å². The van der Waals surface area contributed by atoms with Crippen LogP contribution in [0.5, 0.6) is 0 Å². The van der Waals surface area contributed by atoms with E-state index in [1.54, 1.807) is 0 Å². The van der Waals surface area contributed by atoms with Crippen LogP contribution >= 0.6 is 0 Å². The summed E-state index contributed by atoms with van der Waals surface area (Å²) in [5.74, 6) is 2.61. The quantitative estimate of drug-likeness (QED) is 0.471. The van der Waals surface area contributed by atoms with Gasteiger partial charge in [0, 0.05) is 32.6 Å². The molecule has 0 fully saturated rings. The van der Waals surface area contributed by atoms with Crippen LogP contribution in [0.4, 0.5) is 0 Å². The minimum absolute atomic E-state index is 0.0849. The van der Waals surface area contributed by atoms with E-state index in [9.17, 15) is 4.79 Å². The third kappa shape index (κ3) is 9.08. The Hall–Kier alpha value is -1.01. The summed E-state index contributed by atoms with van der Waals surface area (Å²) in [4.78, 5) is 11.2. The predicted octanol–water partition coefficient (Wildman–Crippen LogP) is 1.33. The van der Waals surface area contributed by atoms with Gasteiger partial charge in [0.25, 0.3) is 0 Å². The van der Waals surface area contributed by atoms with Gasteiger partial charge in [-0.05, 0) is 19.8 Å². The normalized spacial score (nSPS) is 9.43. The van der Waals surface area contributed by atoms with E-state index >= 15 is 0 Å². The zero-order valence-corrected chi connectivity index (χ0v) is 8.84. The number of rotatable bonds is 8. The van der Waals surface area contributed by atoms with Crippen LogP contribution < -0.4 is 5.32 Å². The molecule has 0 saturated heterocycles. The number of hydrogen-bond donors (Lipinski definition) is 1. The summed E-state index contributed by atoms with van der Waals surface area (Å²) < 4.78 is 5.12. The van der Waals surface area contributed by atoms with Gasteiger partial charge in [0.1, 0.15) is 0 Å². The molecule has 0 rings (SSSR count). The molecule has 0 atom stereocenters. The van der Waals surface area contributed by atoms with Crippen LogP contribution in [0.2, 0.25) is 0 Å². The average molecular weight is 197 g/mol. The fraction of sp³-hybridized carbons (Fsp3) is 0.727. The molecule has 3 nitrogen and oxygen atoms in total. The summed E-state index contributed by atoms with van der Waals surface area (Å²) in [5, 5.41) is 2.80. The Morgan fingerprint density at radius 1 is 1.50 bits per heavy atom. The standard InChI is InChI=1S/C11H19NO2/c1-3-5-6-9-12-11(13)8-7-10-14-4-2/h1H,4-10H2,2H3,(H,12,13). The van der Waals surface area contributed by atoms with Gasteiger partial charge < -0.3 is 10.1 Å². The predicted molar refractivity (Wildman–Crippen MR) is 56.8 cm³/mol. The van der Waals surface area contributed by atoms with Crippen molar-refractivity contribution in [1.29, 1.82) is 0 Å². The van der Waals surface area contributed by atoms with E-state index in [4.69, 9.17) is 11.2 Å². The fourth-order valence-corrected chi connectivity index (χ4v) is 0.986. The first kappa shape index (κ1) is 13.0. The minimum Gasteiger partial charge on any atom is -0.382 e. The summed E-state index contributed by atoms with van der Waals surface area (Å²) in [5.41, 5.74) is 0. The lowest BCUT2D eigenvalue weighted by Crippen LogP contribution is -2.24. The van der Waals surface area contributed by atoms with Crippen LogP contribution in [0, 0.1) is 12.3 Å². The lowest BCUT2D eigenvalue weighted by Gasteiger charge is -2.03. The molecule has 0 aliphatic carbocycles. The van der Waals surface area contributed by atoms with Crippen LogP contribution in [-0.4, -0.2) is 25.7 Å². The SMILES string of the molecule is C#CCCCNC(=O)CCCOCC. The van der Waals surface area contributed by atoms with Crippen molar-refractivity contribution >= 4 is 5.91 Å². The molecule has 80 valence electrons. The maximum absolute atomic E-state index is 11.2. The Balaban J connectivity index is 3.16. The van der Waals surface area contributed by atoms with Gasteiger partial charge in [-0.2, -0.15) is 0 Å². The highest BCUT2D eigenvalue weighted by molar-refractivity contribution is 5.75. The molecule has 0 heterocycles. The van der Waals surface area contributed by atoms with E-state index in [2.05, 4.69) is 11.2 Å². The van der Waals surface area contributed by atoms with Crippen molar-refractivity contribution in [2.45, 2.75) is 32.6 Å². The Labute approximate surface area is 86.2 Å². The maximum Gasteiger partial charge on any atom is 0.220 e. The smallest absolute Gasteiger partial charge is 0.220 e. The van der Waals surface area contributed by atoms with Gasteiger partial charge in [-0.25, -0.2) is 0 Å². The van der Waals surface area contributed by atoms with Crippen molar-refractivity contribution in [1.82, 2.24) is 5.32 Å². The number of carbonyl (C=O) groups is 1. The summed E-state index contributed by atoms with van der Waals surface area (Å²) >= 11 is 0. The Morgan fingerprint density at radius 3 is 2.93 bits per heavy atom. The van der Waals surface area contributed by atoms with E-state index in [1.165, 1.54) is 0 Å². The first-order valence-electron chi connectivity index (χ1n) is 5.09. The lowest BCUT2D eigenvalue weighted by molar-refractivity contribution is -0.121. The Kier molecular flexibility index (Phi) is 9.35. The molecule has 0 saturated carbocycles. The van der Waals surface area contributed by atoms with E-state index in [0.29, 0.717) is 26.2 Å². The molecule has 0 bridgehead atoms. The molecule has 0 aromatic rings. The maximum atomic E-state index is 11.2. The Morgan fingerprint density at radius 2 is 2.29 bits per heavy atom. The molecule has 0 aromatic heterocycles. The number of unbranched alkanes of at least 4 members (excludes halogenated alkanes) is 1. The number of amides is 1. The van der Waals surface area contributed by atoms with Crippen molar-refractivity contribution in [2.24, 2.45) is 0 Å². The molecule has 0 spiro atoms. The number of nitrogens with one attached hydrogen (secondary N) is 1. The molecule has 0 radical (unpaired) electrons. The van der Waals surface area contributed by atoms with Gasteiger partial charge in [0.05, 0.1) is 0 Å². The van der Waals surface area contributed by atoms with Crippen LogP contribution in [0.1, 0.15) is 32.6 Å². The molecule has 14 heavy (non-hydrogen) atoms. The second kappa shape index (κ2) is 10.1. The molecular formula is C11H19NO2. The largest absolute Gasteiger partial charge is 0.382 e. The molecule has 0 aliphatic heterocycles. The highest BCUT2D eigenvalue weighted by Crippen LogP contribution is 1.91. The second-order valence-corrected chi connectivity index (χ2v) is 2.96. The first-order valence-corrected chi connectivity index (χ1v) is 5.09. The van der Waals surface area contributed by atoms with Crippen LogP contribution in [-0.2, 0) is 9.53 Å². The number of carbonyl (C=O) groups excluding carboxylic acids is 1. The molecular weight excluding hydrogens is 178 g/mol. The molecule has 0 aromatic carbocycles. The summed E-state index contributed by atoms with van der Waals surface area (Å²) in [6.07, 6.45) is 7.98. The average Bonchev–Trinajstić information content (AvgIpc) is 2.19. The second-order valence-electron chi connectivity index (χ2n) is 2.96. The highest BCUT2D eigenvalue weighted by Gasteiger charge is 1.99. The third-order valence-electron chi connectivity index (χ3n) is 1.72. The number of terminal acetylenes is 1. The zero-order valence-electron chi connectivity index (χ0n) is 8.84. The molecule has 3 heteroatoms. The molecule has 0 unspecified atom stereocenters. The monoisotopic (exact) mass is 197 g/mol. The van der Waals surface area contributed by atoms with Crippen molar-refractivity contribution in [3.8, 4) is 12.3 Å². The summed E-state index contributed by atoms with van der Waals surface area (Å²) in [6.45, 7) is 4.00. The lowest BCUT2D eigenvalue weighted by atomic mass is 10.3. The van der Waals surface area contributed by atoms with E-state index in [-0.39, 0.29) is 5.91 Å². The number of ether oxygens (including phenoxy) is 1. The van der Waals surface area contributed by atoms with Gasteiger partial charge in [-0.3, -0.25) is 4.79 Å². The molecule has 1 N–H and O–H groups in total. The van der Waals surface area contributed by atoms with Gasteiger partial charge in [0.2, 0.25) is 5.91 Å². The van der Waals surface area contributed by atoms with Crippen LogP contribution in [0.3, 0.4) is 0 Å². The zero-order chi connectivity index (χ0) is 10.6. The van der Waals surface area contributed by atoms with Gasteiger partial charge in [-0.15, -0.1) is 12.3 Å². The van der Waals surface area contributed by atoms with E-state index in [1.807, 2.05) is 6.92 Å². The third-order valence-corrected chi connectivity index (χ3v) is 1.72. The van der Waals surface area contributed by atoms with Gasteiger partial charge in [0.15, 0.2) is 0 Å². The molecule has 0 aliphatic rings. The van der Waals surface area contributed by atoms with Crippen molar-refractivity contribution in [3.63, 3.8) is 0 Å². The molecule has 1 amide bonds. The summed E-state index contributed by atoms with van der Waals surface area (Å²) in [6, 6.07) is 0. The van der Waals surface area contributed by atoms with Gasteiger partial charge >= 0.3 is 0 Å². The summed E-state index contributed by atoms with van der Waals surface area (Å²) in [7, 11) is 0. The van der Waals surface area contributed by atoms with Gasteiger partial charge in [-0.1, -0.05) is 0 Å². The van der Waals surface area contributed by atoms with E-state index in [0.717, 1.165) is 19.3 Å². The highest BCUT2D eigenvalue weighted by atomic mass is 16.5. The topological polar surface area (TPSA) is 38.3 Å². The van der Waals surface area contributed by atoms with E-state index < -0.39 is 0 Å². The Bertz CT molecular complexity index is 184. The van der Waals surface area contributed by atoms with Crippen molar-refractivity contribution in [3.05, 3.63) is 0 Å². The fourth-order valence-electron chi connectivity index (χ4n) is 0.986. The minimum atomic E-state index is 0.0849.